The van der Waals surface area contributed by atoms with Crippen LogP contribution in [0, 0.1) is 5.92 Å². The van der Waals surface area contributed by atoms with E-state index in [4.69, 9.17) is 14.2 Å². The van der Waals surface area contributed by atoms with Crippen LogP contribution in [0.1, 0.15) is 46.5 Å². The van der Waals surface area contributed by atoms with E-state index in [-0.39, 0.29) is 36.8 Å². The van der Waals surface area contributed by atoms with E-state index < -0.39 is 26.2 Å². The molecule has 0 aliphatic carbocycles. The highest BCUT2D eigenvalue weighted by Crippen LogP contribution is 2.50. The number of hydrogen-bond donors (Lipinski definition) is 1. The Labute approximate surface area is 287 Å². The highest BCUT2D eigenvalue weighted by Gasteiger charge is 2.49. The summed E-state index contributed by atoms with van der Waals surface area (Å²) in [5.74, 6) is 0.815. The second-order valence-electron chi connectivity index (χ2n) is 13.7. The molecule has 1 unspecified atom stereocenters. The molecule has 2 amide bonds. The number of carbonyl (C=O) groups is 2. The zero-order valence-electron chi connectivity index (χ0n) is 28.1. The van der Waals surface area contributed by atoms with Crippen LogP contribution in [0.25, 0.3) is 0 Å². The van der Waals surface area contributed by atoms with Crippen LogP contribution in [0.5, 0.6) is 17.2 Å². The van der Waals surface area contributed by atoms with Gasteiger partial charge in [-0.25, -0.2) is 0 Å². The van der Waals surface area contributed by atoms with Crippen molar-refractivity contribution in [1.29, 1.82) is 0 Å². The van der Waals surface area contributed by atoms with Gasteiger partial charge in [0, 0.05) is 37.1 Å². The number of benzene rings is 4. The van der Waals surface area contributed by atoms with Gasteiger partial charge in [-0.05, 0) is 73.1 Å². The average molecular weight is 681 g/mol. The third-order valence-corrected chi connectivity index (χ3v) is 12.6. The molecule has 3 aliphatic heterocycles. The fraction of sp³-hybridized carbons (Fsp3) is 0.333. The number of rotatable bonds is 7. The van der Waals surface area contributed by atoms with Gasteiger partial charge in [0.05, 0.1) is 35.7 Å². The SMILES string of the molecule is CO[C@@H]1c2cc(N3C(=O)c4ccccc4Oc4ccccc43)ccc2O[C@H](C(CC(=O)N2Cc3ccccc3C[C@H]2CO)[Si](C)(C)F)[C@H]1C. The van der Waals surface area contributed by atoms with Crippen molar-refractivity contribution in [1.82, 2.24) is 4.90 Å². The Morgan fingerprint density at radius 2 is 1.67 bits per heavy atom. The van der Waals surface area contributed by atoms with E-state index in [1.165, 1.54) is 0 Å². The Bertz CT molecular complexity index is 1900. The van der Waals surface area contributed by atoms with Crippen LogP contribution in [-0.4, -0.2) is 56.1 Å². The summed E-state index contributed by atoms with van der Waals surface area (Å²) in [5.41, 5.74) is 3.88. The first-order valence-electron chi connectivity index (χ1n) is 16.8. The molecule has 3 heterocycles. The summed E-state index contributed by atoms with van der Waals surface area (Å²) >= 11 is 0. The summed E-state index contributed by atoms with van der Waals surface area (Å²) in [6.07, 6.45) is -0.606. The van der Waals surface area contributed by atoms with E-state index in [2.05, 4.69) is 0 Å². The first-order chi connectivity index (χ1) is 23.6. The summed E-state index contributed by atoms with van der Waals surface area (Å²) in [7, 11) is -1.88. The molecule has 0 radical (unpaired) electrons. The predicted octanol–water partition coefficient (Wildman–Crippen LogP) is 7.74. The number of hydrogen-bond acceptors (Lipinski definition) is 6. The number of carbonyl (C=O) groups excluding carboxylic acids is 2. The zero-order chi connectivity index (χ0) is 34.4. The Hall–Kier alpha value is -4.51. The lowest BCUT2D eigenvalue weighted by Gasteiger charge is -2.44. The number of fused-ring (bicyclic) bond motifs is 4. The van der Waals surface area contributed by atoms with Crippen LogP contribution >= 0.6 is 0 Å². The lowest BCUT2D eigenvalue weighted by Crippen LogP contribution is -2.50. The van der Waals surface area contributed by atoms with Crippen LogP contribution in [0.3, 0.4) is 0 Å². The van der Waals surface area contributed by atoms with Gasteiger partial charge in [0.15, 0.2) is 5.75 Å². The van der Waals surface area contributed by atoms with E-state index in [1.807, 2.05) is 79.7 Å². The van der Waals surface area contributed by atoms with E-state index >= 15 is 4.11 Å². The van der Waals surface area contributed by atoms with Gasteiger partial charge >= 0.3 is 0 Å². The molecule has 0 saturated heterocycles. The second kappa shape index (κ2) is 13.1. The van der Waals surface area contributed by atoms with E-state index in [0.29, 0.717) is 47.2 Å². The van der Waals surface area contributed by atoms with Gasteiger partial charge in [-0.15, -0.1) is 0 Å². The maximum Gasteiger partial charge on any atom is 0.266 e. The van der Waals surface area contributed by atoms with Crippen molar-refractivity contribution in [3.8, 4) is 17.2 Å². The largest absolute Gasteiger partial charge is 0.490 e. The molecular weight excluding hydrogens is 640 g/mol. The van der Waals surface area contributed by atoms with Gasteiger partial charge < -0.3 is 28.3 Å². The maximum absolute atomic E-state index is 16.4. The molecule has 0 aromatic heterocycles. The van der Waals surface area contributed by atoms with Crippen molar-refractivity contribution < 1.29 is 33.0 Å². The normalized spacial score (nSPS) is 22.0. The number of methoxy groups -OCH3 is 1. The number of amides is 2. The number of aliphatic hydroxyl groups is 1. The zero-order valence-corrected chi connectivity index (χ0v) is 29.1. The summed E-state index contributed by atoms with van der Waals surface area (Å²) in [4.78, 5) is 31.4. The molecule has 1 N–H and O–H groups in total. The summed E-state index contributed by atoms with van der Waals surface area (Å²) < 4.78 is 35.3. The van der Waals surface area contributed by atoms with E-state index in [9.17, 15) is 14.7 Å². The van der Waals surface area contributed by atoms with Gasteiger partial charge in [0.25, 0.3) is 5.91 Å². The fourth-order valence-electron chi connectivity index (χ4n) is 7.67. The van der Waals surface area contributed by atoms with Gasteiger partial charge in [0.1, 0.15) is 17.6 Å². The van der Waals surface area contributed by atoms with Crippen molar-refractivity contribution in [3.05, 3.63) is 113 Å². The van der Waals surface area contributed by atoms with E-state index in [0.717, 1.165) is 16.7 Å². The van der Waals surface area contributed by atoms with Crippen LogP contribution in [0.15, 0.2) is 91.0 Å². The minimum absolute atomic E-state index is 0.0360. The molecule has 49 heavy (non-hydrogen) atoms. The Balaban J connectivity index is 1.21. The summed E-state index contributed by atoms with van der Waals surface area (Å²) in [6.45, 7) is 5.43. The molecule has 0 spiro atoms. The predicted molar refractivity (Wildman–Crippen MR) is 188 cm³/mol. The number of ether oxygens (including phenoxy) is 3. The standard InChI is InChI=1S/C39H41FN2O6Si/c1-24-37(46-2)30-20-27(42-31-14-8-10-16-34(31)47-32-15-9-7-13-29(32)39(42)45)17-18-33(30)48-38(24)35(49(3,4)40)21-36(44)41-22-26-12-6-5-11-25(26)19-28(41)23-43/h5-18,20,24,28,35,37-38,43H,19,21-23H2,1-4H3/t24-,28-,35?,37-,38-/m0/s1. The average Bonchev–Trinajstić information content (AvgIpc) is 3.22. The third kappa shape index (κ3) is 6.02. The van der Waals surface area contributed by atoms with Crippen LogP contribution in [0.4, 0.5) is 15.5 Å². The number of para-hydroxylation sites is 3. The molecule has 254 valence electrons. The third-order valence-electron chi connectivity index (χ3n) is 10.3. The molecule has 10 heteroatoms. The van der Waals surface area contributed by atoms with Crippen LogP contribution < -0.4 is 14.4 Å². The lowest BCUT2D eigenvalue weighted by atomic mass is 9.86. The Morgan fingerprint density at radius 1 is 0.980 bits per heavy atom. The molecule has 4 aromatic rings. The highest BCUT2D eigenvalue weighted by molar-refractivity contribution is 6.72. The fourth-order valence-corrected chi connectivity index (χ4v) is 9.48. The van der Waals surface area contributed by atoms with Crippen LogP contribution in [0.2, 0.25) is 18.6 Å². The molecule has 4 aromatic carbocycles. The minimum atomic E-state index is -3.49. The quantitative estimate of drug-likeness (QED) is 0.159. The number of halogens is 1. The smallest absolute Gasteiger partial charge is 0.266 e. The second-order valence-corrected chi connectivity index (χ2v) is 17.6. The summed E-state index contributed by atoms with van der Waals surface area (Å²) in [6, 6.07) is 27.7. The Morgan fingerprint density at radius 3 is 2.41 bits per heavy atom. The van der Waals surface area contributed by atoms with Gasteiger partial charge in [0.2, 0.25) is 14.3 Å². The molecule has 5 atom stereocenters. The monoisotopic (exact) mass is 680 g/mol. The van der Waals surface area contributed by atoms with Crippen molar-refractivity contribution in [2.45, 2.75) is 63.2 Å². The van der Waals surface area contributed by atoms with Gasteiger partial charge in [-0.2, -0.15) is 0 Å². The molecule has 8 nitrogen and oxygen atoms in total. The van der Waals surface area contributed by atoms with E-state index in [1.54, 1.807) is 48.2 Å². The summed E-state index contributed by atoms with van der Waals surface area (Å²) in [5, 5.41) is 10.2. The highest BCUT2D eigenvalue weighted by atomic mass is 28.4. The lowest BCUT2D eigenvalue weighted by molar-refractivity contribution is -0.136. The first kappa shape index (κ1) is 33.0. The van der Waals surface area contributed by atoms with Crippen LogP contribution in [-0.2, 0) is 22.5 Å². The molecular formula is C39H41FN2O6Si. The van der Waals surface area contributed by atoms with Crippen molar-refractivity contribution in [3.63, 3.8) is 0 Å². The molecule has 7 rings (SSSR count). The Kier molecular flexibility index (Phi) is 8.81. The minimum Gasteiger partial charge on any atom is -0.490 e. The molecule has 0 bridgehead atoms. The molecule has 0 fully saturated rings. The first-order valence-corrected chi connectivity index (χ1v) is 19.7. The van der Waals surface area contributed by atoms with Crippen molar-refractivity contribution in [2.24, 2.45) is 5.92 Å². The maximum atomic E-state index is 16.4. The topological polar surface area (TPSA) is 88.5 Å². The van der Waals surface area contributed by atoms with Crippen molar-refractivity contribution in [2.75, 3.05) is 18.6 Å². The number of anilines is 2. The number of nitrogens with zero attached hydrogens (tertiary/aromatic N) is 2. The van der Waals surface area contributed by atoms with Crippen molar-refractivity contribution >= 4 is 31.6 Å². The van der Waals surface area contributed by atoms with Gasteiger partial charge in [-0.3, -0.25) is 14.5 Å². The number of aliphatic hydroxyl groups excluding tert-OH is 1. The molecule has 3 aliphatic rings. The van der Waals surface area contributed by atoms with Gasteiger partial charge in [-0.1, -0.05) is 55.5 Å². The molecule has 0 saturated carbocycles.